The number of rotatable bonds is 5. The average molecular weight is 308 g/mol. The fourth-order valence-electron chi connectivity index (χ4n) is 1.75. The Hall–Kier alpha value is -2.42. The second-order valence-electron chi connectivity index (χ2n) is 4.47. The fraction of sp³-hybridized carbons (Fsp3) is 0.250. The van der Waals surface area contributed by atoms with Gasteiger partial charge in [0.25, 0.3) is 5.69 Å². The van der Waals surface area contributed by atoms with E-state index in [1.54, 1.807) is 0 Å². The van der Waals surface area contributed by atoms with Crippen molar-refractivity contribution < 1.29 is 9.72 Å². The average Bonchev–Trinajstić information content (AvgIpc) is 2.80. The van der Waals surface area contributed by atoms with Crippen LogP contribution in [0, 0.1) is 10.1 Å². The lowest BCUT2D eigenvalue weighted by Gasteiger charge is -2.09. The molecule has 0 atom stereocenters. The highest BCUT2D eigenvalue weighted by Gasteiger charge is 2.16. The predicted octanol–water partition coefficient (Wildman–Crippen LogP) is 2.02. The molecule has 0 aliphatic rings. The molecule has 0 fully saturated rings. The number of H-pyrrole nitrogens is 1. The maximum atomic E-state index is 11.6. The van der Waals surface area contributed by atoms with Crippen LogP contribution in [-0.4, -0.2) is 26.0 Å². The highest BCUT2D eigenvalue weighted by atomic mass is 32.2. The first kappa shape index (κ1) is 15.0. The summed E-state index contributed by atoms with van der Waals surface area (Å²) in [5.41, 5.74) is -0.327. The predicted molar refractivity (Wildman–Crippen MR) is 75.8 cm³/mol. The summed E-state index contributed by atoms with van der Waals surface area (Å²) in [7, 11) is 0. The van der Waals surface area contributed by atoms with Gasteiger partial charge in [0.05, 0.1) is 4.92 Å². The molecule has 0 saturated heterocycles. The van der Waals surface area contributed by atoms with Crippen LogP contribution in [0.5, 0.6) is 0 Å². The molecule has 21 heavy (non-hydrogen) atoms. The summed E-state index contributed by atoms with van der Waals surface area (Å²) in [4.78, 5) is 33.4. The lowest BCUT2D eigenvalue weighted by Crippen LogP contribution is -2.19. The summed E-state index contributed by atoms with van der Waals surface area (Å²) < 4.78 is 1.45. The van der Waals surface area contributed by atoms with E-state index in [1.165, 1.54) is 22.8 Å². The van der Waals surface area contributed by atoms with E-state index < -0.39 is 4.92 Å². The first-order valence-electron chi connectivity index (χ1n) is 6.02. The molecule has 110 valence electrons. The summed E-state index contributed by atoms with van der Waals surface area (Å²) in [6, 6.07) is 3.87. The number of aldehydes is 1. The SMILES string of the molecule is CC(C)n1c(Sc2ccc([N+](=O)[O-])cc2C=O)n[nH]c1=O. The van der Waals surface area contributed by atoms with E-state index in [4.69, 9.17) is 0 Å². The van der Waals surface area contributed by atoms with Crippen molar-refractivity contribution in [3.63, 3.8) is 0 Å². The number of aromatic amines is 1. The van der Waals surface area contributed by atoms with Gasteiger partial charge in [0.2, 0.25) is 0 Å². The molecule has 0 unspecified atom stereocenters. The van der Waals surface area contributed by atoms with Crippen LogP contribution < -0.4 is 5.69 Å². The quantitative estimate of drug-likeness (QED) is 0.514. The van der Waals surface area contributed by atoms with Crippen molar-refractivity contribution in [2.45, 2.75) is 29.9 Å². The third-order valence-corrected chi connectivity index (χ3v) is 3.78. The van der Waals surface area contributed by atoms with Crippen LogP contribution in [0.3, 0.4) is 0 Å². The van der Waals surface area contributed by atoms with Crippen LogP contribution in [-0.2, 0) is 0 Å². The smallest absolute Gasteiger partial charge is 0.298 e. The molecule has 0 aliphatic carbocycles. The number of hydrogen-bond acceptors (Lipinski definition) is 6. The van der Waals surface area contributed by atoms with Crippen molar-refractivity contribution >= 4 is 23.7 Å². The molecule has 8 nitrogen and oxygen atoms in total. The van der Waals surface area contributed by atoms with Crippen LogP contribution in [0.25, 0.3) is 0 Å². The lowest BCUT2D eigenvalue weighted by molar-refractivity contribution is -0.384. The molecule has 1 heterocycles. The van der Waals surface area contributed by atoms with Gasteiger partial charge in [-0.25, -0.2) is 9.89 Å². The number of carbonyl (C=O) groups excluding carboxylic acids is 1. The largest absolute Gasteiger partial charge is 0.344 e. The Morgan fingerprint density at radius 3 is 2.76 bits per heavy atom. The van der Waals surface area contributed by atoms with Gasteiger partial charge in [-0.15, -0.1) is 5.10 Å². The van der Waals surface area contributed by atoms with Crippen molar-refractivity contribution in [1.29, 1.82) is 0 Å². The topological polar surface area (TPSA) is 111 Å². The minimum atomic E-state index is -0.569. The van der Waals surface area contributed by atoms with Crippen LogP contribution in [0.4, 0.5) is 5.69 Å². The summed E-state index contributed by atoms with van der Waals surface area (Å²) in [5.74, 6) is 0. The zero-order valence-electron chi connectivity index (χ0n) is 11.3. The van der Waals surface area contributed by atoms with Gasteiger partial charge in [0, 0.05) is 28.6 Å². The molecule has 2 rings (SSSR count). The van der Waals surface area contributed by atoms with Crippen LogP contribution >= 0.6 is 11.8 Å². The van der Waals surface area contributed by atoms with Gasteiger partial charge >= 0.3 is 5.69 Å². The molecule has 1 aromatic heterocycles. The number of nitro benzene ring substituents is 1. The number of nitrogens with one attached hydrogen (secondary N) is 1. The molecule has 0 bridgehead atoms. The molecule has 0 aliphatic heterocycles. The Labute approximate surface area is 123 Å². The monoisotopic (exact) mass is 308 g/mol. The van der Waals surface area contributed by atoms with Crippen LogP contribution in [0.2, 0.25) is 0 Å². The van der Waals surface area contributed by atoms with E-state index in [9.17, 15) is 19.7 Å². The van der Waals surface area contributed by atoms with E-state index in [0.29, 0.717) is 16.3 Å². The summed E-state index contributed by atoms with van der Waals surface area (Å²) in [5, 5.41) is 17.4. The third kappa shape index (κ3) is 3.02. The van der Waals surface area contributed by atoms with E-state index in [2.05, 4.69) is 10.2 Å². The molecule has 0 saturated carbocycles. The Morgan fingerprint density at radius 2 is 2.19 bits per heavy atom. The zero-order chi connectivity index (χ0) is 15.6. The highest BCUT2D eigenvalue weighted by Crippen LogP contribution is 2.31. The summed E-state index contributed by atoms with van der Waals surface area (Å²) in [6.45, 7) is 3.66. The first-order valence-corrected chi connectivity index (χ1v) is 6.84. The summed E-state index contributed by atoms with van der Waals surface area (Å²) >= 11 is 1.10. The molecule has 1 aromatic carbocycles. The Kier molecular flexibility index (Phi) is 4.22. The molecule has 2 aromatic rings. The van der Waals surface area contributed by atoms with E-state index in [1.807, 2.05) is 13.8 Å². The number of benzene rings is 1. The molecule has 0 radical (unpaired) electrons. The van der Waals surface area contributed by atoms with Gasteiger partial charge in [-0.1, -0.05) is 0 Å². The minimum Gasteiger partial charge on any atom is -0.298 e. The van der Waals surface area contributed by atoms with E-state index in [-0.39, 0.29) is 23.0 Å². The second-order valence-corrected chi connectivity index (χ2v) is 5.48. The van der Waals surface area contributed by atoms with Crippen molar-refractivity contribution in [2.75, 3.05) is 0 Å². The Morgan fingerprint density at radius 1 is 1.48 bits per heavy atom. The van der Waals surface area contributed by atoms with E-state index in [0.717, 1.165) is 11.8 Å². The zero-order valence-corrected chi connectivity index (χ0v) is 12.1. The Bertz CT molecular complexity index is 750. The Balaban J connectivity index is 2.43. The van der Waals surface area contributed by atoms with Gasteiger partial charge < -0.3 is 0 Å². The van der Waals surface area contributed by atoms with Crippen LogP contribution in [0.15, 0.2) is 33.0 Å². The maximum absolute atomic E-state index is 11.6. The second kappa shape index (κ2) is 5.92. The number of nitro groups is 1. The number of carbonyl (C=O) groups is 1. The van der Waals surface area contributed by atoms with Gasteiger partial charge in [0.15, 0.2) is 11.4 Å². The van der Waals surface area contributed by atoms with E-state index >= 15 is 0 Å². The molecule has 0 amide bonds. The van der Waals surface area contributed by atoms with Crippen LogP contribution in [0.1, 0.15) is 30.2 Å². The highest BCUT2D eigenvalue weighted by molar-refractivity contribution is 7.99. The minimum absolute atomic E-state index is 0.100. The van der Waals surface area contributed by atoms with Gasteiger partial charge in [0.1, 0.15) is 0 Å². The van der Waals surface area contributed by atoms with Gasteiger partial charge in [-0.2, -0.15) is 0 Å². The summed E-state index contributed by atoms with van der Waals surface area (Å²) in [6.07, 6.45) is 0.541. The number of nitrogens with zero attached hydrogens (tertiary/aromatic N) is 3. The molecule has 9 heteroatoms. The molecular weight excluding hydrogens is 296 g/mol. The van der Waals surface area contributed by atoms with Crippen molar-refractivity contribution in [3.8, 4) is 0 Å². The fourth-order valence-corrected chi connectivity index (χ4v) is 2.79. The number of hydrogen-bond donors (Lipinski definition) is 1. The molecule has 1 N–H and O–H groups in total. The number of non-ortho nitro benzene ring substituents is 1. The maximum Gasteiger partial charge on any atom is 0.344 e. The standard InChI is InChI=1S/C12H12N4O4S/c1-7(2)15-11(18)13-14-12(15)21-10-4-3-9(16(19)20)5-8(10)6-17/h3-7H,1-2H3,(H,13,18). The molecular formula is C12H12N4O4S. The van der Waals surface area contributed by atoms with Gasteiger partial charge in [-0.3, -0.25) is 19.5 Å². The third-order valence-electron chi connectivity index (χ3n) is 2.72. The van der Waals surface area contributed by atoms with Crippen molar-refractivity contribution in [2.24, 2.45) is 0 Å². The van der Waals surface area contributed by atoms with Gasteiger partial charge in [-0.05, 0) is 31.7 Å². The normalized spacial score (nSPS) is 10.8. The molecule has 0 spiro atoms. The van der Waals surface area contributed by atoms with Crippen molar-refractivity contribution in [1.82, 2.24) is 14.8 Å². The van der Waals surface area contributed by atoms with Crippen molar-refractivity contribution in [3.05, 3.63) is 44.4 Å². The number of aromatic nitrogens is 3. The lowest BCUT2D eigenvalue weighted by atomic mass is 10.2. The first-order chi connectivity index (χ1) is 9.93.